The smallest absolute Gasteiger partial charge is 0.381 e. The lowest BCUT2D eigenvalue weighted by atomic mass is 10.2. The first-order valence-electron chi connectivity index (χ1n) is 4.87. The third kappa shape index (κ3) is 3.04. The van der Waals surface area contributed by atoms with E-state index in [9.17, 15) is 14.9 Å². The lowest BCUT2D eigenvalue weighted by molar-refractivity contribution is -0.389. The Morgan fingerprint density at radius 2 is 2.44 bits per heavy atom. The summed E-state index contributed by atoms with van der Waals surface area (Å²) >= 11 is 0. The molecule has 88 valence electrons. The fraction of sp³-hybridized carbons (Fsp3) is 0.556. The number of esters is 1. The molecular formula is C9H13N3O4. The maximum absolute atomic E-state index is 11.3. The Hall–Kier alpha value is -1.92. The first-order chi connectivity index (χ1) is 7.54. The second-order valence-electron chi connectivity index (χ2n) is 3.34. The van der Waals surface area contributed by atoms with E-state index in [2.05, 4.69) is 4.98 Å². The SMILES string of the molecule is CCOC(=O)C(C)Cn1cnc([N+](=O)[O-])c1. The first kappa shape index (κ1) is 12.2. The molecule has 0 aliphatic carbocycles. The van der Waals surface area contributed by atoms with Crippen molar-refractivity contribution in [3.05, 3.63) is 22.6 Å². The van der Waals surface area contributed by atoms with Gasteiger partial charge in [-0.1, -0.05) is 6.92 Å². The zero-order valence-corrected chi connectivity index (χ0v) is 9.12. The molecular weight excluding hydrogens is 214 g/mol. The highest BCUT2D eigenvalue weighted by Crippen LogP contribution is 2.09. The lowest BCUT2D eigenvalue weighted by Crippen LogP contribution is -2.19. The minimum atomic E-state index is -0.578. The predicted molar refractivity (Wildman–Crippen MR) is 54.7 cm³/mol. The van der Waals surface area contributed by atoms with E-state index in [0.717, 1.165) is 0 Å². The van der Waals surface area contributed by atoms with Crippen molar-refractivity contribution in [2.24, 2.45) is 5.92 Å². The van der Waals surface area contributed by atoms with E-state index in [1.165, 1.54) is 17.1 Å². The van der Waals surface area contributed by atoms with Crippen LogP contribution in [-0.2, 0) is 16.1 Å². The summed E-state index contributed by atoms with van der Waals surface area (Å²) in [6, 6.07) is 0. The van der Waals surface area contributed by atoms with Crippen molar-refractivity contribution in [1.82, 2.24) is 9.55 Å². The maximum atomic E-state index is 11.3. The van der Waals surface area contributed by atoms with Crippen molar-refractivity contribution in [3.63, 3.8) is 0 Å². The predicted octanol–water partition coefficient (Wildman–Crippen LogP) is 0.990. The van der Waals surface area contributed by atoms with E-state index < -0.39 is 4.92 Å². The zero-order valence-electron chi connectivity index (χ0n) is 9.12. The fourth-order valence-electron chi connectivity index (χ4n) is 1.22. The molecule has 1 atom stereocenters. The van der Waals surface area contributed by atoms with Crippen molar-refractivity contribution in [3.8, 4) is 0 Å². The molecule has 0 amide bonds. The fourth-order valence-corrected chi connectivity index (χ4v) is 1.22. The molecule has 0 N–H and O–H groups in total. The van der Waals surface area contributed by atoms with Gasteiger partial charge in [-0.3, -0.25) is 4.79 Å². The second-order valence-corrected chi connectivity index (χ2v) is 3.34. The van der Waals surface area contributed by atoms with Gasteiger partial charge in [0.2, 0.25) is 6.33 Å². The standard InChI is InChI=1S/C9H13N3O4/c1-3-16-9(13)7(2)4-11-5-8(10-6-11)12(14)15/h5-7H,3-4H2,1-2H3. The number of imidazole rings is 1. The van der Waals surface area contributed by atoms with Crippen LogP contribution in [0.15, 0.2) is 12.5 Å². The van der Waals surface area contributed by atoms with E-state index in [1.807, 2.05) is 0 Å². The Balaban J connectivity index is 2.59. The Kier molecular flexibility index (Phi) is 3.98. The molecule has 0 radical (unpaired) electrons. The summed E-state index contributed by atoms with van der Waals surface area (Å²) in [5.41, 5.74) is 0. The topological polar surface area (TPSA) is 87.3 Å². The molecule has 1 unspecified atom stereocenters. The Morgan fingerprint density at radius 1 is 1.75 bits per heavy atom. The van der Waals surface area contributed by atoms with Crippen molar-refractivity contribution >= 4 is 11.8 Å². The third-order valence-corrected chi connectivity index (χ3v) is 1.98. The normalized spacial score (nSPS) is 12.1. The van der Waals surface area contributed by atoms with Crippen LogP contribution in [0.3, 0.4) is 0 Å². The van der Waals surface area contributed by atoms with Gasteiger partial charge in [0.05, 0.1) is 12.5 Å². The number of rotatable bonds is 5. The summed E-state index contributed by atoms with van der Waals surface area (Å²) in [4.78, 5) is 24.7. The highest BCUT2D eigenvalue weighted by molar-refractivity contribution is 5.71. The van der Waals surface area contributed by atoms with E-state index >= 15 is 0 Å². The number of carbonyl (C=O) groups is 1. The Morgan fingerprint density at radius 3 is 2.94 bits per heavy atom. The summed E-state index contributed by atoms with van der Waals surface area (Å²) in [5.74, 6) is -0.899. The lowest BCUT2D eigenvalue weighted by Gasteiger charge is -2.09. The molecule has 0 aliphatic rings. The number of hydrogen-bond acceptors (Lipinski definition) is 5. The van der Waals surface area contributed by atoms with Gasteiger partial charge in [0, 0.05) is 6.54 Å². The first-order valence-corrected chi connectivity index (χ1v) is 4.87. The highest BCUT2D eigenvalue weighted by atomic mass is 16.6. The second kappa shape index (κ2) is 5.24. The molecule has 7 nitrogen and oxygen atoms in total. The van der Waals surface area contributed by atoms with Gasteiger partial charge < -0.3 is 19.4 Å². The number of ether oxygens (including phenoxy) is 1. The molecule has 0 aliphatic heterocycles. The molecule has 0 bridgehead atoms. The molecule has 16 heavy (non-hydrogen) atoms. The molecule has 0 saturated heterocycles. The number of hydrogen-bond donors (Lipinski definition) is 0. The summed E-state index contributed by atoms with van der Waals surface area (Å²) in [6.07, 6.45) is 2.61. The van der Waals surface area contributed by atoms with Crippen LogP contribution in [0.4, 0.5) is 5.82 Å². The van der Waals surface area contributed by atoms with E-state index in [0.29, 0.717) is 13.2 Å². The number of carbonyl (C=O) groups excluding carboxylic acids is 1. The summed E-state index contributed by atoms with van der Waals surface area (Å²) in [6.45, 7) is 4.07. The van der Waals surface area contributed by atoms with Gasteiger partial charge in [-0.2, -0.15) is 0 Å². The van der Waals surface area contributed by atoms with Crippen LogP contribution in [0.25, 0.3) is 0 Å². The average molecular weight is 227 g/mol. The van der Waals surface area contributed by atoms with Gasteiger partial charge in [0.15, 0.2) is 0 Å². The molecule has 1 aromatic rings. The molecule has 0 aromatic carbocycles. The van der Waals surface area contributed by atoms with Gasteiger partial charge in [-0.05, 0) is 16.8 Å². The highest BCUT2D eigenvalue weighted by Gasteiger charge is 2.17. The van der Waals surface area contributed by atoms with Crippen LogP contribution >= 0.6 is 0 Å². The summed E-state index contributed by atoms with van der Waals surface area (Å²) in [5, 5.41) is 10.4. The maximum Gasteiger partial charge on any atom is 0.381 e. The van der Waals surface area contributed by atoms with Crippen molar-refractivity contribution < 1.29 is 14.5 Å². The van der Waals surface area contributed by atoms with Gasteiger partial charge in [0.25, 0.3) is 0 Å². The number of nitro groups is 1. The summed E-state index contributed by atoms with van der Waals surface area (Å²) < 4.78 is 6.32. The van der Waals surface area contributed by atoms with Crippen molar-refractivity contribution in [2.45, 2.75) is 20.4 Å². The van der Waals surface area contributed by atoms with Crippen LogP contribution in [0.1, 0.15) is 13.8 Å². The van der Waals surface area contributed by atoms with E-state index in [4.69, 9.17) is 4.74 Å². The molecule has 0 fully saturated rings. The molecule has 0 saturated carbocycles. The van der Waals surface area contributed by atoms with Gasteiger partial charge in [-0.15, -0.1) is 0 Å². The molecule has 7 heteroatoms. The number of nitrogens with zero attached hydrogens (tertiary/aromatic N) is 3. The largest absolute Gasteiger partial charge is 0.466 e. The quantitative estimate of drug-likeness (QED) is 0.425. The van der Waals surface area contributed by atoms with Gasteiger partial charge >= 0.3 is 11.8 Å². The molecule has 1 aromatic heterocycles. The summed E-state index contributed by atoms with van der Waals surface area (Å²) in [7, 11) is 0. The van der Waals surface area contributed by atoms with Crippen LogP contribution in [0.2, 0.25) is 0 Å². The van der Waals surface area contributed by atoms with Gasteiger partial charge in [-0.25, -0.2) is 0 Å². The molecule has 1 heterocycles. The van der Waals surface area contributed by atoms with Crippen LogP contribution in [0.5, 0.6) is 0 Å². The Labute approximate surface area is 92.2 Å². The van der Waals surface area contributed by atoms with Crippen LogP contribution in [0, 0.1) is 16.0 Å². The van der Waals surface area contributed by atoms with Crippen LogP contribution < -0.4 is 0 Å². The van der Waals surface area contributed by atoms with E-state index in [-0.39, 0.29) is 17.7 Å². The van der Waals surface area contributed by atoms with Crippen molar-refractivity contribution in [2.75, 3.05) is 6.61 Å². The monoisotopic (exact) mass is 227 g/mol. The molecule has 1 rings (SSSR count). The molecule has 0 spiro atoms. The minimum absolute atomic E-state index is 0.226. The van der Waals surface area contributed by atoms with Crippen LogP contribution in [-0.4, -0.2) is 27.1 Å². The minimum Gasteiger partial charge on any atom is -0.466 e. The number of aromatic nitrogens is 2. The average Bonchev–Trinajstić information content (AvgIpc) is 2.66. The van der Waals surface area contributed by atoms with Gasteiger partial charge in [0.1, 0.15) is 6.20 Å². The van der Waals surface area contributed by atoms with Crippen molar-refractivity contribution in [1.29, 1.82) is 0 Å². The zero-order chi connectivity index (χ0) is 12.1. The third-order valence-electron chi connectivity index (χ3n) is 1.98. The Bertz CT molecular complexity index is 388. The van der Waals surface area contributed by atoms with E-state index in [1.54, 1.807) is 13.8 Å².